The van der Waals surface area contributed by atoms with E-state index >= 15 is 0 Å². The molecule has 0 radical (unpaired) electrons. The first-order valence-corrected chi connectivity index (χ1v) is 7.27. The standard InChI is InChI=1S/C16H19ClFNO/c1-3-16-13(7-8-20-16)15(19-4-2)9-11-5-6-12(17)10-14(11)18/h5-8,10,15,19H,3-4,9H2,1-2H3. The maximum absolute atomic E-state index is 13.9. The van der Waals surface area contributed by atoms with Gasteiger partial charge in [0.25, 0.3) is 0 Å². The molecular weight excluding hydrogens is 277 g/mol. The molecule has 108 valence electrons. The first-order valence-electron chi connectivity index (χ1n) is 6.89. The van der Waals surface area contributed by atoms with Gasteiger partial charge >= 0.3 is 0 Å². The summed E-state index contributed by atoms with van der Waals surface area (Å²) in [5.41, 5.74) is 1.76. The highest BCUT2D eigenvalue weighted by molar-refractivity contribution is 6.30. The van der Waals surface area contributed by atoms with E-state index < -0.39 is 0 Å². The first kappa shape index (κ1) is 15.1. The van der Waals surface area contributed by atoms with E-state index in [0.717, 1.165) is 24.3 Å². The van der Waals surface area contributed by atoms with Crippen LogP contribution in [0.2, 0.25) is 5.02 Å². The summed E-state index contributed by atoms with van der Waals surface area (Å²) in [6, 6.07) is 6.83. The lowest BCUT2D eigenvalue weighted by Crippen LogP contribution is -2.23. The Morgan fingerprint density at radius 2 is 2.10 bits per heavy atom. The molecule has 0 saturated heterocycles. The van der Waals surface area contributed by atoms with E-state index in [-0.39, 0.29) is 11.9 Å². The minimum atomic E-state index is -0.262. The molecule has 0 fully saturated rings. The summed E-state index contributed by atoms with van der Waals surface area (Å²) < 4.78 is 19.4. The van der Waals surface area contributed by atoms with Crippen molar-refractivity contribution < 1.29 is 8.81 Å². The molecule has 1 heterocycles. The summed E-state index contributed by atoms with van der Waals surface area (Å²) in [6.45, 7) is 4.90. The monoisotopic (exact) mass is 295 g/mol. The fourth-order valence-electron chi connectivity index (χ4n) is 2.39. The van der Waals surface area contributed by atoms with Crippen molar-refractivity contribution in [1.82, 2.24) is 5.32 Å². The van der Waals surface area contributed by atoms with Crippen molar-refractivity contribution in [2.75, 3.05) is 6.54 Å². The predicted octanol–water partition coefficient (Wildman–Crippen LogP) is 4.53. The fraction of sp³-hybridized carbons (Fsp3) is 0.375. The highest BCUT2D eigenvalue weighted by Crippen LogP contribution is 2.25. The molecule has 0 saturated carbocycles. The van der Waals surface area contributed by atoms with Crippen molar-refractivity contribution in [1.29, 1.82) is 0 Å². The molecule has 1 unspecified atom stereocenters. The maximum atomic E-state index is 13.9. The Kier molecular flexibility index (Phi) is 5.21. The van der Waals surface area contributed by atoms with Gasteiger partial charge in [0.2, 0.25) is 0 Å². The zero-order chi connectivity index (χ0) is 14.5. The lowest BCUT2D eigenvalue weighted by Gasteiger charge is -2.18. The Bertz CT molecular complexity index is 567. The number of aryl methyl sites for hydroxylation is 1. The first-order chi connectivity index (χ1) is 9.65. The molecule has 0 spiro atoms. The molecule has 2 nitrogen and oxygen atoms in total. The highest BCUT2D eigenvalue weighted by Gasteiger charge is 2.18. The average molecular weight is 296 g/mol. The number of hydrogen-bond acceptors (Lipinski definition) is 2. The van der Waals surface area contributed by atoms with Crippen molar-refractivity contribution in [2.45, 2.75) is 32.7 Å². The van der Waals surface area contributed by atoms with Crippen LogP contribution in [-0.2, 0) is 12.8 Å². The zero-order valence-corrected chi connectivity index (χ0v) is 12.5. The molecular formula is C16H19ClFNO. The molecule has 0 aliphatic rings. The van der Waals surface area contributed by atoms with E-state index in [9.17, 15) is 4.39 Å². The number of benzene rings is 1. The molecule has 0 amide bonds. The van der Waals surface area contributed by atoms with Crippen molar-refractivity contribution in [3.05, 3.63) is 58.3 Å². The number of furan rings is 1. The molecule has 1 atom stereocenters. The Morgan fingerprint density at radius 1 is 1.30 bits per heavy atom. The van der Waals surface area contributed by atoms with E-state index in [1.807, 2.05) is 19.9 Å². The molecule has 2 aromatic rings. The summed E-state index contributed by atoms with van der Waals surface area (Å²) in [7, 11) is 0. The van der Waals surface area contributed by atoms with Crippen LogP contribution in [0.1, 0.15) is 36.8 Å². The van der Waals surface area contributed by atoms with Gasteiger partial charge in [-0.05, 0) is 36.7 Å². The minimum Gasteiger partial charge on any atom is -0.469 e. The third-order valence-corrected chi connectivity index (χ3v) is 3.60. The molecule has 0 aliphatic carbocycles. The van der Waals surface area contributed by atoms with Gasteiger partial charge in [-0.25, -0.2) is 4.39 Å². The van der Waals surface area contributed by atoms with Crippen LogP contribution in [0.15, 0.2) is 34.9 Å². The highest BCUT2D eigenvalue weighted by atomic mass is 35.5. The molecule has 2 rings (SSSR count). The summed E-state index contributed by atoms with van der Waals surface area (Å²) in [4.78, 5) is 0. The smallest absolute Gasteiger partial charge is 0.127 e. The largest absolute Gasteiger partial charge is 0.469 e. The van der Waals surface area contributed by atoms with Crippen LogP contribution in [0.5, 0.6) is 0 Å². The van der Waals surface area contributed by atoms with Gasteiger partial charge < -0.3 is 9.73 Å². The molecule has 1 aromatic carbocycles. The van der Waals surface area contributed by atoms with Crippen LogP contribution >= 0.6 is 11.6 Å². The number of nitrogens with one attached hydrogen (secondary N) is 1. The van der Waals surface area contributed by atoms with Crippen LogP contribution in [0, 0.1) is 5.82 Å². The number of hydrogen-bond donors (Lipinski definition) is 1. The van der Waals surface area contributed by atoms with E-state index in [4.69, 9.17) is 16.0 Å². The molecule has 0 aliphatic heterocycles. The van der Waals surface area contributed by atoms with Gasteiger partial charge in [-0.15, -0.1) is 0 Å². The van der Waals surface area contributed by atoms with Crippen molar-refractivity contribution in [2.24, 2.45) is 0 Å². The van der Waals surface area contributed by atoms with Gasteiger partial charge in [-0.2, -0.15) is 0 Å². The summed E-state index contributed by atoms with van der Waals surface area (Å²) in [5, 5.41) is 3.81. The molecule has 1 N–H and O–H groups in total. The molecule has 4 heteroatoms. The summed E-state index contributed by atoms with van der Waals surface area (Å²) >= 11 is 5.79. The number of halogens is 2. The SMILES string of the molecule is CCNC(Cc1ccc(Cl)cc1F)c1ccoc1CC. The van der Waals surface area contributed by atoms with Gasteiger partial charge in [-0.3, -0.25) is 0 Å². The van der Waals surface area contributed by atoms with Gasteiger partial charge in [-0.1, -0.05) is 31.5 Å². The Morgan fingerprint density at radius 3 is 2.75 bits per heavy atom. The van der Waals surface area contributed by atoms with Crippen molar-refractivity contribution >= 4 is 11.6 Å². The molecule has 0 bridgehead atoms. The minimum absolute atomic E-state index is 0.0457. The maximum Gasteiger partial charge on any atom is 0.127 e. The number of likely N-dealkylation sites (N-methyl/N-ethyl adjacent to an activating group) is 1. The second-order valence-electron chi connectivity index (χ2n) is 4.70. The molecule has 1 aromatic heterocycles. The van der Waals surface area contributed by atoms with E-state index in [2.05, 4.69) is 5.32 Å². The third-order valence-electron chi connectivity index (χ3n) is 3.37. The summed E-state index contributed by atoms with van der Waals surface area (Å²) in [6.07, 6.45) is 3.09. The van der Waals surface area contributed by atoms with Gasteiger partial charge in [0, 0.05) is 23.0 Å². The van der Waals surface area contributed by atoms with Crippen LogP contribution in [0.3, 0.4) is 0 Å². The van der Waals surface area contributed by atoms with Crippen LogP contribution in [0.25, 0.3) is 0 Å². The molecule has 20 heavy (non-hydrogen) atoms. The van der Waals surface area contributed by atoms with Crippen molar-refractivity contribution in [3.63, 3.8) is 0 Å². The van der Waals surface area contributed by atoms with Gasteiger partial charge in [0.1, 0.15) is 11.6 Å². The Labute approximate surface area is 123 Å². The van der Waals surface area contributed by atoms with Crippen LogP contribution in [0.4, 0.5) is 4.39 Å². The third kappa shape index (κ3) is 3.41. The van der Waals surface area contributed by atoms with Crippen LogP contribution in [-0.4, -0.2) is 6.54 Å². The zero-order valence-electron chi connectivity index (χ0n) is 11.7. The van der Waals surface area contributed by atoms with Crippen molar-refractivity contribution in [3.8, 4) is 0 Å². The van der Waals surface area contributed by atoms with Gasteiger partial charge in [0.05, 0.1) is 6.26 Å². The average Bonchev–Trinajstić information content (AvgIpc) is 2.89. The topological polar surface area (TPSA) is 25.2 Å². The Balaban J connectivity index is 2.25. The second-order valence-corrected chi connectivity index (χ2v) is 5.14. The normalized spacial score (nSPS) is 12.6. The number of rotatable bonds is 6. The summed E-state index contributed by atoms with van der Waals surface area (Å²) in [5.74, 6) is 0.687. The lowest BCUT2D eigenvalue weighted by atomic mass is 9.98. The van der Waals surface area contributed by atoms with Gasteiger partial charge in [0.15, 0.2) is 0 Å². The quantitative estimate of drug-likeness (QED) is 0.847. The Hall–Kier alpha value is -1.32. The van der Waals surface area contributed by atoms with Crippen LogP contribution < -0.4 is 5.32 Å². The van der Waals surface area contributed by atoms with E-state index in [0.29, 0.717) is 17.0 Å². The lowest BCUT2D eigenvalue weighted by molar-refractivity contribution is 0.482. The van der Waals surface area contributed by atoms with E-state index in [1.165, 1.54) is 6.07 Å². The fourth-order valence-corrected chi connectivity index (χ4v) is 2.55. The second kappa shape index (κ2) is 6.91. The van der Waals surface area contributed by atoms with E-state index in [1.54, 1.807) is 18.4 Å². The predicted molar refractivity (Wildman–Crippen MR) is 79.6 cm³/mol.